The Labute approximate surface area is 145 Å². The Balaban J connectivity index is 1.33. The van der Waals surface area contributed by atoms with E-state index in [-0.39, 0.29) is 42.0 Å². The van der Waals surface area contributed by atoms with Gasteiger partial charge in [-0.15, -0.1) is 0 Å². The van der Waals surface area contributed by atoms with Crippen molar-refractivity contribution in [2.45, 2.75) is 31.8 Å². The third-order valence-corrected chi connectivity index (χ3v) is 5.74. The molecule has 25 heavy (non-hydrogen) atoms. The van der Waals surface area contributed by atoms with Gasteiger partial charge in [0, 0.05) is 25.2 Å². The summed E-state index contributed by atoms with van der Waals surface area (Å²) in [5, 5.41) is 12.2. The normalized spacial score (nSPS) is 33.2. The number of hydrogen-bond acceptors (Lipinski definition) is 4. The number of aromatic nitrogens is 1. The van der Waals surface area contributed by atoms with Crippen LogP contribution in [0.5, 0.6) is 0 Å². The molecule has 2 heterocycles. The minimum absolute atomic E-state index is 0.0371. The Kier molecular flexibility index (Phi) is 3.94. The number of hydrogen-bond donors (Lipinski definition) is 2. The first-order valence-corrected chi connectivity index (χ1v) is 8.74. The smallest absolute Gasteiger partial charge is 0.306 e. The highest BCUT2D eigenvalue weighted by Crippen LogP contribution is 2.55. The first kappa shape index (κ1) is 16.1. The molecule has 3 aliphatic rings. The second kappa shape index (κ2) is 6.13. The molecule has 0 radical (unpaired) electrons. The zero-order valence-corrected chi connectivity index (χ0v) is 13.8. The van der Waals surface area contributed by atoms with Crippen LogP contribution in [0.25, 0.3) is 0 Å². The summed E-state index contributed by atoms with van der Waals surface area (Å²) in [5.41, 5.74) is 0.804. The molecule has 2 aliphatic carbocycles. The third kappa shape index (κ3) is 3.10. The van der Waals surface area contributed by atoms with Crippen LogP contribution in [-0.4, -0.2) is 45.4 Å². The third-order valence-electron chi connectivity index (χ3n) is 5.74. The SMILES string of the molecule is O=C(N[C@H]1C[C@@H](C(=O)O)[C@@H]2C[C@@H]21)C1CC(=O)N(Cc2ccccn2)C1. The molecule has 1 saturated heterocycles. The van der Waals surface area contributed by atoms with Gasteiger partial charge >= 0.3 is 5.97 Å². The van der Waals surface area contributed by atoms with Crippen LogP contribution in [0.4, 0.5) is 0 Å². The van der Waals surface area contributed by atoms with Crippen LogP contribution >= 0.6 is 0 Å². The fourth-order valence-electron chi connectivity index (χ4n) is 4.32. The van der Waals surface area contributed by atoms with Crippen molar-refractivity contribution in [1.82, 2.24) is 15.2 Å². The summed E-state index contributed by atoms with van der Waals surface area (Å²) in [6, 6.07) is 5.50. The molecule has 1 aliphatic heterocycles. The minimum Gasteiger partial charge on any atom is -0.481 e. The number of likely N-dealkylation sites (tertiary alicyclic amines) is 1. The summed E-state index contributed by atoms with van der Waals surface area (Å²) in [6.07, 6.45) is 3.29. The number of pyridine rings is 1. The zero-order valence-electron chi connectivity index (χ0n) is 13.8. The van der Waals surface area contributed by atoms with E-state index in [1.54, 1.807) is 11.1 Å². The lowest BCUT2D eigenvalue weighted by Gasteiger charge is -2.19. The summed E-state index contributed by atoms with van der Waals surface area (Å²) >= 11 is 0. The van der Waals surface area contributed by atoms with Crippen molar-refractivity contribution in [1.29, 1.82) is 0 Å². The van der Waals surface area contributed by atoms with Crippen molar-refractivity contribution in [2.75, 3.05) is 6.54 Å². The number of rotatable bonds is 5. The van der Waals surface area contributed by atoms with E-state index in [9.17, 15) is 19.5 Å². The maximum Gasteiger partial charge on any atom is 0.306 e. The first-order chi connectivity index (χ1) is 12.0. The Morgan fingerprint density at radius 1 is 1.28 bits per heavy atom. The van der Waals surface area contributed by atoms with Crippen molar-refractivity contribution in [2.24, 2.45) is 23.7 Å². The fourth-order valence-corrected chi connectivity index (χ4v) is 4.32. The highest BCUT2D eigenvalue weighted by Gasteiger charge is 2.57. The van der Waals surface area contributed by atoms with E-state index in [1.165, 1.54) is 0 Å². The van der Waals surface area contributed by atoms with Gasteiger partial charge in [0.25, 0.3) is 0 Å². The number of amides is 2. The second-order valence-electron chi connectivity index (χ2n) is 7.36. The Morgan fingerprint density at radius 2 is 2.12 bits per heavy atom. The highest BCUT2D eigenvalue weighted by atomic mass is 16.4. The molecular weight excluding hydrogens is 322 g/mol. The van der Waals surface area contributed by atoms with Gasteiger partial charge in [0.15, 0.2) is 0 Å². The molecular formula is C18H21N3O4. The predicted octanol–water partition coefficient (Wildman–Crippen LogP) is 0.655. The van der Waals surface area contributed by atoms with Crippen LogP contribution < -0.4 is 5.32 Å². The molecule has 3 fully saturated rings. The van der Waals surface area contributed by atoms with Gasteiger partial charge in [-0.1, -0.05) is 6.07 Å². The molecule has 2 saturated carbocycles. The number of nitrogens with zero attached hydrogens (tertiary/aromatic N) is 2. The van der Waals surface area contributed by atoms with Crippen LogP contribution in [0.3, 0.4) is 0 Å². The van der Waals surface area contributed by atoms with Crippen molar-refractivity contribution in [3.05, 3.63) is 30.1 Å². The maximum absolute atomic E-state index is 12.5. The standard InChI is InChI=1S/C18H21N3O4/c22-16-5-10(8-21(16)9-11-3-1-2-4-19-11)17(23)20-15-7-14(18(24)25)12-6-13(12)15/h1-4,10,12-15H,5-9H2,(H,20,23)(H,24,25)/t10?,12-,13+,14-,15+/m1/s1. The van der Waals surface area contributed by atoms with Crippen molar-refractivity contribution in [3.8, 4) is 0 Å². The van der Waals surface area contributed by atoms with Crippen LogP contribution in [-0.2, 0) is 20.9 Å². The molecule has 7 nitrogen and oxygen atoms in total. The maximum atomic E-state index is 12.5. The van der Waals surface area contributed by atoms with Gasteiger partial charge in [0.2, 0.25) is 11.8 Å². The van der Waals surface area contributed by atoms with Gasteiger partial charge in [-0.3, -0.25) is 19.4 Å². The molecule has 1 unspecified atom stereocenters. The van der Waals surface area contributed by atoms with E-state index in [0.29, 0.717) is 25.4 Å². The predicted molar refractivity (Wildman–Crippen MR) is 87.0 cm³/mol. The molecule has 0 aromatic carbocycles. The Morgan fingerprint density at radius 3 is 2.80 bits per heavy atom. The zero-order chi connectivity index (χ0) is 17.6. The average Bonchev–Trinajstić information content (AvgIpc) is 3.18. The monoisotopic (exact) mass is 343 g/mol. The van der Waals surface area contributed by atoms with E-state index in [2.05, 4.69) is 10.3 Å². The summed E-state index contributed by atoms with van der Waals surface area (Å²) in [5.74, 6) is -1.11. The van der Waals surface area contributed by atoms with E-state index < -0.39 is 5.97 Å². The van der Waals surface area contributed by atoms with Crippen LogP contribution in [0, 0.1) is 23.7 Å². The number of nitrogens with one attached hydrogen (secondary N) is 1. The van der Waals surface area contributed by atoms with Crippen molar-refractivity contribution >= 4 is 17.8 Å². The van der Waals surface area contributed by atoms with Gasteiger partial charge in [-0.25, -0.2) is 0 Å². The van der Waals surface area contributed by atoms with E-state index in [1.807, 2.05) is 18.2 Å². The quantitative estimate of drug-likeness (QED) is 0.818. The number of carboxylic acid groups (broad SMARTS) is 1. The lowest BCUT2D eigenvalue weighted by molar-refractivity contribution is -0.142. The molecule has 1 aromatic rings. The van der Waals surface area contributed by atoms with Crippen molar-refractivity contribution < 1.29 is 19.5 Å². The van der Waals surface area contributed by atoms with E-state index in [0.717, 1.165) is 12.1 Å². The lowest BCUT2D eigenvalue weighted by Crippen LogP contribution is -2.40. The van der Waals surface area contributed by atoms with Gasteiger partial charge in [-0.2, -0.15) is 0 Å². The number of carboxylic acids is 1. The fraction of sp³-hybridized carbons (Fsp3) is 0.556. The molecule has 5 atom stereocenters. The van der Waals surface area contributed by atoms with Gasteiger partial charge in [-0.05, 0) is 36.8 Å². The van der Waals surface area contributed by atoms with Gasteiger partial charge in [0.1, 0.15) is 0 Å². The molecule has 4 rings (SSSR count). The van der Waals surface area contributed by atoms with Crippen molar-refractivity contribution in [3.63, 3.8) is 0 Å². The molecule has 1 aromatic heterocycles. The summed E-state index contributed by atoms with van der Waals surface area (Å²) in [4.78, 5) is 41.8. The number of fused-ring (bicyclic) bond motifs is 1. The number of aliphatic carboxylic acids is 1. The van der Waals surface area contributed by atoms with Gasteiger partial charge in [0.05, 0.1) is 24.1 Å². The van der Waals surface area contributed by atoms with E-state index in [4.69, 9.17) is 0 Å². The number of carbonyl (C=O) groups excluding carboxylic acids is 2. The first-order valence-electron chi connectivity index (χ1n) is 8.74. The topological polar surface area (TPSA) is 99.6 Å². The molecule has 0 spiro atoms. The largest absolute Gasteiger partial charge is 0.481 e. The molecule has 7 heteroatoms. The Bertz CT molecular complexity index is 708. The van der Waals surface area contributed by atoms with Crippen LogP contribution in [0.15, 0.2) is 24.4 Å². The van der Waals surface area contributed by atoms with E-state index >= 15 is 0 Å². The summed E-state index contributed by atoms with van der Waals surface area (Å²) in [7, 11) is 0. The Hall–Kier alpha value is -2.44. The molecule has 0 bridgehead atoms. The molecule has 132 valence electrons. The second-order valence-corrected chi connectivity index (χ2v) is 7.36. The molecule has 2 amide bonds. The average molecular weight is 343 g/mol. The van der Waals surface area contributed by atoms with Crippen LogP contribution in [0.2, 0.25) is 0 Å². The summed E-state index contributed by atoms with van der Waals surface area (Å²) in [6.45, 7) is 0.809. The summed E-state index contributed by atoms with van der Waals surface area (Å²) < 4.78 is 0. The minimum atomic E-state index is -0.762. The van der Waals surface area contributed by atoms with Gasteiger partial charge < -0.3 is 15.3 Å². The highest BCUT2D eigenvalue weighted by molar-refractivity contribution is 5.89. The number of carbonyl (C=O) groups is 3. The lowest BCUT2D eigenvalue weighted by atomic mass is 10.0. The van der Waals surface area contributed by atoms with Crippen LogP contribution in [0.1, 0.15) is 25.0 Å². The molecule has 2 N–H and O–H groups in total.